The number of aromatic amines is 1. The van der Waals surface area contributed by atoms with Crippen molar-refractivity contribution in [1.29, 1.82) is 0 Å². The number of fused-ring (bicyclic) bond motifs is 1. The third kappa shape index (κ3) is 6.25. The molecule has 0 amide bonds. The van der Waals surface area contributed by atoms with Gasteiger partial charge < -0.3 is 24.7 Å². The molecule has 7 nitrogen and oxygen atoms in total. The lowest BCUT2D eigenvalue weighted by Gasteiger charge is -2.29. The van der Waals surface area contributed by atoms with Crippen molar-refractivity contribution in [2.45, 2.75) is 19.9 Å². The maximum absolute atomic E-state index is 12.7. The van der Waals surface area contributed by atoms with Gasteiger partial charge in [-0.1, -0.05) is 18.2 Å². The molecule has 1 aromatic carbocycles. The molecule has 2 aromatic rings. The number of aryl methyl sites for hydroxylation is 1. The molecule has 1 aromatic heterocycles. The molecule has 0 aliphatic carbocycles. The molecule has 0 bridgehead atoms. The number of nitrogens with zero attached hydrogens (tertiary/aromatic N) is 2. The summed E-state index contributed by atoms with van der Waals surface area (Å²) < 4.78 is 10.5. The number of benzene rings is 1. The third-order valence-corrected chi connectivity index (χ3v) is 5.80. The van der Waals surface area contributed by atoms with E-state index in [2.05, 4.69) is 20.1 Å². The average Bonchev–Trinajstić information content (AvgIpc) is 2.75. The molecule has 1 aliphatic heterocycles. The fourth-order valence-corrected chi connectivity index (χ4v) is 3.94. The third-order valence-electron chi connectivity index (χ3n) is 5.40. The van der Waals surface area contributed by atoms with E-state index in [4.69, 9.17) is 21.7 Å². The zero-order chi connectivity index (χ0) is 21.3. The van der Waals surface area contributed by atoms with Gasteiger partial charge in [0.2, 0.25) is 0 Å². The number of H-pyrrole nitrogens is 1. The highest BCUT2D eigenvalue weighted by Crippen LogP contribution is 2.16. The molecule has 2 N–H and O–H groups in total. The normalized spacial score (nSPS) is 14.7. The van der Waals surface area contributed by atoms with Gasteiger partial charge in [0.25, 0.3) is 5.56 Å². The minimum atomic E-state index is -0.0605. The van der Waals surface area contributed by atoms with Crippen molar-refractivity contribution in [3.05, 3.63) is 45.7 Å². The van der Waals surface area contributed by atoms with Gasteiger partial charge >= 0.3 is 0 Å². The zero-order valence-electron chi connectivity index (χ0n) is 17.9. The summed E-state index contributed by atoms with van der Waals surface area (Å²) in [6, 6.07) is 8.02. The molecule has 30 heavy (non-hydrogen) atoms. The predicted octanol–water partition coefficient (Wildman–Crippen LogP) is 1.88. The van der Waals surface area contributed by atoms with Crippen LogP contribution in [0.5, 0.6) is 0 Å². The SMILES string of the molecule is COCCNC(=S)N(CCCN1CCOCC1)Cc1cc2cccc(C)c2[nH]c1=O. The van der Waals surface area contributed by atoms with Crippen LogP contribution in [0.15, 0.2) is 29.1 Å². The molecule has 3 rings (SSSR count). The summed E-state index contributed by atoms with van der Waals surface area (Å²) in [6.45, 7) is 9.01. The first-order valence-electron chi connectivity index (χ1n) is 10.5. The van der Waals surface area contributed by atoms with Gasteiger partial charge in [0.15, 0.2) is 5.11 Å². The fraction of sp³-hybridized carbons (Fsp3) is 0.545. The molecule has 2 heterocycles. The molecule has 8 heteroatoms. The van der Waals surface area contributed by atoms with Crippen LogP contribution in [-0.2, 0) is 16.0 Å². The van der Waals surface area contributed by atoms with Gasteiger partial charge in [0.05, 0.1) is 31.9 Å². The number of nitrogens with one attached hydrogen (secondary N) is 2. The molecular weight excluding hydrogens is 400 g/mol. The minimum absolute atomic E-state index is 0.0605. The summed E-state index contributed by atoms with van der Waals surface area (Å²) in [6.07, 6.45) is 0.969. The number of pyridine rings is 1. The summed E-state index contributed by atoms with van der Waals surface area (Å²) in [5.74, 6) is 0. The summed E-state index contributed by atoms with van der Waals surface area (Å²) in [7, 11) is 1.67. The van der Waals surface area contributed by atoms with Crippen molar-refractivity contribution in [2.24, 2.45) is 0 Å². The Kier molecular flexibility index (Phi) is 8.62. The summed E-state index contributed by atoms with van der Waals surface area (Å²) in [5.41, 5.74) is 2.62. The van der Waals surface area contributed by atoms with E-state index in [-0.39, 0.29) is 5.56 Å². The highest BCUT2D eigenvalue weighted by atomic mass is 32.1. The number of morpholine rings is 1. The number of ether oxygens (including phenoxy) is 2. The first-order chi connectivity index (χ1) is 14.6. The van der Waals surface area contributed by atoms with Crippen molar-refractivity contribution in [2.75, 3.05) is 59.7 Å². The number of thiocarbonyl (C=S) groups is 1. The van der Waals surface area contributed by atoms with Crippen molar-refractivity contribution in [3.8, 4) is 0 Å². The molecular formula is C22H32N4O3S. The predicted molar refractivity (Wildman–Crippen MR) is 124 cm³/mol. The topological polar surface area (TPSA) is 69.8 Å². The first-order valence-corrected chi connectivity index (χ1v) is 10.9. The van der Waals surface area contributed by atoms with Gasteiger partial charge in [-0.15, -0.1) is 0 Å². The van der Waals surface area contributed by atoms with E-state index in [0.29, 0.717) is 24.8 Å². The van der Waals surface area contributed by atoms with E-state index in [0.717, 1.165) is 67.8 Å². The van der Waals surface area contributed by atoms with Gasteiger partial charge in [-0.25, -0.2) is 0 Å². The van der Waals surface area contributed by atoms with Crippen LogP contribution >= 0.6 is 12.2 Å². The Labute approximate surface area is 183 Å². The van der Waals surface area contributed by atoms with Crippen LogP contribution in [0.25, 0.3) is 10.9 Å². The van der Waals surface area contributed by atoms with Crippen LogP contribution in [0, 0.1) is 6.92 Å². The van der Waals surface area contributed by atoms with Crippen molar-refractivity contribution >= 4 is 28.2 Å². The average molecular weight is 433 g/mol. The number of para-hydroxylation sites is 1. The molecule has 0 radical (unpaired) electrons. The fourth-order valence-electron chi connectivity index (χ4n) is 3.69. The van der Waals surface area contributed by atoms with E-state index < -0.39 is 0 Å². The number of methoxy groups -OCH3 is 1. The summed E-state index contributed by atoms with van der Waals surface area (Å²) in [5, 5.41) is 4.93. The molecule has 0 atom stereocenters. The van der Waals surface area contributed by atoms with Gasteiger partial charge in [-0.05, 0) is 42.6 Å². The number of rotatable bonds is 9. The Morgan fingerprint density at radius 3 is 2.93 bits per heavy atom. The number of hydrogen-bond donors (Lipinski definition) is 2. The quantitative estimate of drug-likeness (QED) is 0.463. The maximum atomic E-state index is 12.7. The highest BCUT2D eigenvalue weighted by molar-refractivity contribution is 7.80. The molecule has 0 unspecified atom stereocenters. The highest BCUT2D eigenvalue weighted by Gasteiger charge is 2.15. The first kappa shape index (κ1) is 22.7. The van der Waals surface area contributed by atoms with Crippen LogP contribution in [0.1, 0.15) is 17.5 Å². The standard InChI is InChI=1S/C22H32N4O3S/c1-17-5-3-6-18-15-19(21(27)24-20(17)18)16-26(22(30)23-7-12-28-2)9-4-8-25-10-13-29-14-11-25/h3,5-6,15H,4,7-14,16H2,1-2H3,(H,23,30)(H,24,27). The van der Waals surface area contributed by atoms with E-state index in [1.165, 1.54) is 0 Å². The molecule has 1 saturated heterocycles. The molecule has 0 saturated carbocycles. The smallest absolute Gasteiger partial charge is 0.253 e. The molecule has 1 aliphatic rings. The monoisotopic (exact) mass is 432 g/mol. The van der Waals surface area contributed by atoms with Crippen molar-refractivity contribution in [3.63, 3.8) is 0 Å². The van der Waals surface area contributed by atoms with Crippen LogP contribution in [-0.4, -0.2) is 79.6 Å². The van der Waals surface area contributed by atoms with E-state index in [1.807, 2.05) is 31.2 Å². The van der Waals surface area contributed by atoms with Gasteiger partial charge in [0, 0.05) is 45.4 Å². The van der Waals surface area contributed by atoms with Gasteiger partial charge in [0.1, 0.15) is 0 Å². The minimum Gasteiger partial charge on any atom is -0.383 e. The Bertz CT molecular complexity index is 896. The second-order valence-corrected chi connectivity index (χ2v) is 8.00. The molecule has 0 spiro atoms. The lowest BCUT2D eigenvalue weighted by atomic mass is 10.1. The van der Waals surface area contributed by atoms with E-state index in [1.54, 1.807) is 7.11 Å². The lowest BCUT2D eigenvalue weighted by Crippen LogP contribution is -2.43. The second-order valence-electron chi connectivity index (χ2n) is 7.62. The van der Waals surface area contributed by atoms with Crippen LogP contribution in [0.4, 0.5) is 0 Å². The maximum Gasteiger partial charge on any atom is 0.253 e. The lowest BCUT2D eigenvalue weighted by molar-refractivity contribution is 0.0367. The van der Waals surface area contributed by atoms with E-state index in [9.17, 15) is 4.79 Å². The Hall–Kier alpha value is -2.00. The zero-order valence-corrected chi connectivity index (χ0v) is 18.7. The largest absolute Gasteiger partial charge is 0.383 e. The summed E-state index contributed by atoms with van der Waals surface area (Å²) >= 11 is 5.63. The summed E-state index contributed by atoms with van der Waals surface area (Å²) in [4.78, 5) is 20.3. The van der Waals surface area contributed by atoms with Crippen molar-refractivity contribution in [1.82, 2.24) is 20.1 Å². The Morgan fingerprint density at radius 2 is 2.17 bits per heavy atom. The van der Waals surface area contributed by atoms with Gasteiger partial charge in [-0.3, -0.25) is 9.69 Å². The van der Waals surface area contributed by atoms with Crippen LogP contribution in [0.2, 0.25) is 0 Å². The molecule has 1 fully saturated rings. The number of aromatic nitrogens is 1. The molecule has 164 valence electrons. The van der Waals surface area contributed by atoms with Crippen LogP contribution < -0.4 is 10.9 Å². The Balaban J connectivity index is 1.70. The van der Waals surface area contributed by atoms with Gasteiger partial charge in [-0.2, -0.15) is 0 Å². The van der Waals surface area contributed by atoms with Crippen LogP contribution in [0.3, 0.4) is 0 Å². The van der Waals surface area contributed by atoms with Crippen molar-refractivity contribution < 1.29 is 9.47 Å². The Morgan fingerprint density at radius 1 is 1.37 bits per heavy atom. The van der Waals surface area contributed by atoms with E-state index >= 15 is 0 Å². The second kappa shape index (κ2) is 11.4. The number of hydrogen-bond acceptors (Lipinski definition) is 5.